The average Bonchev–Trinajstić information content (AvgIpc) is 2.90. The fourth-order valence-electron chi connectivity index (χ4n) is 4.71. The molecule has 0 aromatic heterocycles. The Balaban J connectivity index is 2.61. The van der Waals surface area contributed by atoms with E-state index in [1.165, 1.54) is 6.92 Å². The molecule has 0 aliphatic heterocycles. The molecule has 0 bridgehead atoms. The lowest BCUT2D eigenvalue weighted by molar-refractivity contribution is -0.0829. The second-order valence-electron chi connectivity index (χ2n) is 13.4. The van der Waals surface area contributed by atoms with Gasteiger partial charge in [0.25, 0.3) is 0 Å². The molecule has 244 valence electrons. The van der Waals surface area contributed by atoms with Crippen LogP contribution in [0.15, 0.2) is 60.7 Å². The third-order valence-corrected chi connectivity index (χ3v) is 8.73. The molecule has 2 rings (SSSR count). The normalized spacial score (nSPS) is 15.2. The van der Waals surface area contributed by atoms with Gasteiger partial charge < -0.3 is 30.7 Å². The molecule has 4 unspecified atom stereocenters. The fourth-order valence-corrected chi connectivity index (χ4v) is 5.43. The smallest absolute Gasteiger partial charge is 0.411 e. The van der Waals surface area contributed by atoms with Crippen LogP contribution in [0.5, 0.6) is 0 Å². The second-order valence-corrected chi connectivity index (χ2v) is 19.0. The number of hydrogen-bond donors (Lipinski definition) is 6. The van der Waals surface area contributed by atoms with Crippen LogP contribution in [-0.2, 0) is 17.6 Å². The lowest BCUT2D eigenvalue weighted by Gasteiger charge is -2.49. The summed E-state index contributed by atoms with van der Waals surface area (Å²) in [5, 5.41) is 41.6. The Morgan fingerprint density at radius 3 is 1.93 bits per heavy atom. The van der Waals surface area contributed by atoms with Crippen LogP contribution in [0.3, 0.4) is 0 Å². The quantitative estimate of drug-likeness (QED) is 0.130. The Labute approximate surface area is 262 Å². The van der Waals surface area contributed by atoms with E-state index in [9.17, 15) is 29.7 Å². The van der Waals surface area contributed by atoms with E-state index < -0.39 is 55.9 Å². The largest absolute Gasteiger partial charge is 0.465 e. The minimum Gasteiger partial charge on any atom is -0.465 e. The summed E-state index contributed by atoms with van der Waals surface area (Å²) < 4.78 is 5.48. The predicted molar refractivity (Wildman–Crippen MR) is 173 cm³/mol. The number of benzene rings is 2. The molecule has 2 aromatic rings. The number of amides is 4. The number of rotatable bonds is 14. The van der Waals surface area contributed by atoms with Gasteiger partial charge >= 0.3 is 18.2 Å². The first-order chi connectivity index (χ1) is 20.4. The van der Waals surface area contributed by atoms with Crippen LogP contribution in [0.4, 0.5) is 14.4 Å². The first-order valence-electron chi connectivity index (χ1n) is 14.9. The van der Waals surface area contributed by atoms with Gasteiger partial charge in [-0.15, -0.1) is 0 Å². The molecule has 0 radical (unpaired) electrons. The van der Waals surface area contributed by atoms with Gasteiger partial charge in [0.15, 0.2) is 5.66 Å². The minimum atomic E-state index is -2.06. The molecule has 0 saturated heterocycles. The van der Waals surface area contributed by atoms with Crippen molar-refractivity contribution in [2.45, 2.75) is 102 Å². The van der Waals surface area contributed by atoms with Crippen molar-refractivity contribution in [3.05, 3.63) is 71.8 Å². The summed E-state index contributed by atoms with van der Waals surface area (Å²) in [6, 6.07) is 18.0. The van der Waals surface area contributed by atoms with Crippen LogP contribution in [-0.4, -0.2) is 82.7 Å². The van der Waals surface area contributed by atoms with Gasteiger partial charge in [-0.25, -0.2) is 14.4 Å². The lowest BCUT2D eigenvalue weighted by atomic mass is 9.91. The number of aliphatic hydroxyl groups excluding tert-OH is 2. The zero-order valence-corrected chi connectivity index (χ0v) is 28.0. The highest BCUT2D eigenvalue weighted by Gasteiger charge is 2.51. The second kappa shape index (κ2) is 15.9. The van der Waals surface area contributed by atoms with E-state index in [0.717, 1.165) is 10.5 Å². The number of aliphatic hydroxyl groups is 2. The molecule has 0 fully saturated rings. The van der Waals surface area contributed by atoms with Crippen molar-refractivity contribution >= 4 is 26.3 Å². The number of urea groups is 1. The van der Waals surface area contributed by atoms with Gasteiger partial charge in [0.05, 0.1) is 18.8 Å². The molecule has 0 saturated carbocycles. The SMILES string of the molecule is CC(O)C(Cc1ccccc1)(NC(=O)OCC[Si](C)(C)C)N(C(=O)O)C(NC(=O)NC(C)(C)C)C(O)CCc1ccccc1. The molecule has 4 amide bonds. The standard InChI is InChI=1S/C32H50N4O7Si/c1-23(37)32(22-25-16-12-9-13-17-25,35-29(40)43-20-21-44(5,6)7)36(30(41)42)27(33-28(39)34-31(2,3)4)26(38)19-18-24-14-10-8-11-15-24/h8-17,23,26-27,37-38H,18-22H2,1-7H3,(H,35,40)(H,41,42)(H2,33,34,39). The third kappa shape index (κ3) is 11.8. The van der Waals surface area contributed by atoms with Gasteiger partial charge in [-0.2, -0.15) is 0 Å². The first-order valence-corrected chi connectivity index (χ1v) is 18.6. The molecule has 0 aliphatic rings. The van der Waals surface area contributed by atoms with Crippen molar-refractivity contribution in [2.24, 2.45) is 0 Å². The van der Waals surface area contributed by atoms with Crippen LogP contribution in [0, 0.1) is 0 Å². The molecular formula is C32H50N4O7Si. The number of carbonyl (C=O) groups is 3. The van der Waals surface area contributed by atoms with Gasteiger partial charge in [0.1, 0.15) is 6.17 Å². The van der Waals surface area contributed by atoms with E-state index in [0.29, 0.717) is 18.0 Å². The number of aryl methyl sites for hydroxylation is 1. The third-order valence-electron chi connectivity index (χ3n) is 7.03. The maximum absolute atomic E-state index is 13.3. The number of carboxylic acid groups (broad SMARTS) is 1. The summed E-state index contributed by atoms with van der Waals surface area (Å²) in [6.07, 6.45) is -6.79. The Hall–Kier alpha value is -3.61. The summed E-state index contributed by atoms with van der Waals surface area (Å²) >= 11 is 0. The van der Waals surface area contributed by atoms with Gasteiger partial charge in [-0.1, -0.05) is 80.3 Å². The number of carbonyl (C=O) groups excluding carboxylic acids is 2. The number of hydrogen-bond acceptors (Lipinski definition) is 6. The van der Waals surface area contributed by atoms with Gasteiger partial charge in [0, 0.05) is 20.0 Å². The van der Waals surface area contributed by atoms with Crippen LogP contribution < -0.4 is 16.0 Å². The van der Waals surface area contributed by atoms with Crippen molar-refractivity contribution in [1.82, 2.24) is 20.9 Å². The van der Waals surface area contributed by atoms with Crippen LogP contribution >= 0.6 is 0 Å². The number of alkyl carbamates (subject to hydrolysis) is 1. The fraction of sp³-hybridized carbons (Fsp3) is 0.531. The highest BCUT2D eigenvalue weighted by molar-refractivity contribution is 6.76. The lowest BCUT2D eigenvalue weighted by Crippen LogP contribution is -2.75. The molecule has 2 aromatic carbocycles. The van der Waals surface area contributed by atoms with Crippen molar-refractivity contribution in [1.29, 1.82) is 0 Å². The van der Waals surface area contributed by atoms with E-state index in [4.69, 9.17) is 4.74 Å². The molecule has 6 N–H and O–H groups in total. The Morgan fingerprint density at radius 2 is 1.45 bits per heavy atom. The summed E-state index contributed by atoms with van der Waals surface area (Å²) in [6.45, 7) is 13.1. The maximum atomic E-state index is 13.3. The van der Waals surface area contributed by atoms with E-state index in [2.05, 4.69) is 35.6 Å². The van der Waals surface area contributed by atoms with Gasteiger partial charge in [-0.3, -0.25) is 10.2 Å². The molecule has 11 nitrogen and oxygen atoms in total. The van der Waals surface area contributed by atoms with Crippen molar-refractivity contribution in [2.75, 3.05) is 6.61 Å². The summed E-state index contributed by atoms with van der Waals surface area (Å²) in [5.74, 6) is 0. The van der Waals surface area contributed by atoms with E-state index in [-0.39, 0.29) is 19.4 Å². The molecule has 12 heteroatoms. The minimum absolute atomic E-state index is 0.0656. The molecule has 0 spiro atoms. The van der Waals surface area contributed by atoms with Crippen molar-refractivity contribution in [3.63, 3.8) is 0 Å². The highest BCUT2D eigenvalue weighted by atomic mass is 28.3. The molecule has 0 aliphatic carbocycles. The maximum Gasteiger partial charge on any atom is 0.411 e. The van der Waals surface area contributed by atoms with Crippen molar-refractivity contribution < 1.29 is 34.4 Å². The molecule has 0 heterocycles. The Kier molecular flexibility index (Phi) is 13.2. The average molecular weight is 631 g/mol. The summed E-state index contributed by atoms with van der Waals surface area (Å²) in [4.78, 5) is 40.4. The predicted octanol–water partition coefficient (Wildman–Crippen LogP) is 4.77. The summed E-state index contributed by atoms with van der Waals surface area (Å²) in [5.41, 5.74) is -1.24. The Morgan fingerprint density at radius 1 is 0.909 bits per heavy atom. The molecule has 44 heavy (non-hydrogen) atoms. The van der Waals surface area contributed by atoms with Gasteiger partial charge in [0.2, 0.25) is 0 Å². The monoisotopic (exact) mass is 630 g/mol. The van der Waals surface area contributed by atoms with E-state index in [1.54, 1.807) is 51.1 Å². The van der Waals surface area contributed by atoms with Crippen LogP contribution in [0.2, 0.25) is 25.7 Å². The number of nitrogens with zero attached hydrogens (tertiary/aromatic N) is 1. The number of nitrogens with one attached hydrogen (secondary N) is 3. The zero-order valence-electron chi connectivity index (χ0n) is 27.0. The first kappa shape index (κ1) is 36.6. The highest BCUT2D eigenvalue weighted by Crippen LogP contribution is 2.28. The van der Waals surface area contributed by atoms with E-state index in [1.807, 2.05) is 30.3 Å². The zero-order chi connectivity index (χ0) is 33.1. The van der Waals surface area contributed by atoms with Crippen LogP contribution in [0.25, 0.3) is 0 Å². The molecule has 4 atom stereocenters. The van der Waals surface area contributed by atoms with Crippen molar-refractivity contribution in [3.8, 4) is 0 Å². The van der Waals surface area contributed by atoms with Gasteiger partial charge in [-0.05, 0) is 57.7 Å². The Bertz CT molecular complexity index is 1200. The topological polar surface area (TPSA) is 160 Å². The van der Waals surface area contributed by atoms with E-state index >= 15 is 0 Å². The molecular weight excluding hydrogens is 580 g/mol. The summed E-state index contributed by atoms with van der Waals surface area (Å²) in [7, 11) is -1.56. The number of ether oxygens (including phenoxy) is 1. The van der Waals surface area contributed by atoms with Crippen LogP contribution in [0.1, 0.15) is 45.2 Å².